The van der Waals surface area contributed by atoms with Gasteiger partial charge in [-0.25, -0.2) is 18.2 Å². The molecule has 0 bridgehead atoms. The fourth-order valence-electron chi connectivity index (χ4n) is 2.83. The minimum atomic E-state index is -3.83. The zero-order chi connectivity index (χ0) is 22.1. The molecule has 0 unspecified atom stereocenters. The van der Waals surface area contributed by atoms with Crippen LogP contribution in [0.1, 0.15) is 5.56 Å². The van der Waals surface area contributed by atoms with Gasteiger partial charge in [0.15, 0.2) is 11.2 Å². The molecule has 0 aliphatic heterocycles. The van der Waals surface area contributed by atoms with Crippen LogP contribution in [-0.2, 0) is 40.2 Å². The summed E-state index contributed by atoms with van der Waals surface area (Å²) in [7, 11) is -0.967. The Morgan fingerprint density at radius 1 is 1.13 bits per heavy atom. The second kappa shape index (κ2) is 8.24. The number of rotatable bonds is 7. The van der Waals surface area contributed by atoms with Crippen LogP contribution in [0.15, 0.2) is 45.1 Å². The number of esters is 1. The van der Waals surface area contributed by atoms with Crippen LogP contribution < -0.4 is 16.0 Å². The van der Waals surface area contributed by atoms with Crippen LogP contribution in [0.4, 0.5) is 0 Å². The summed E-state index contributed by atoms with van der Waals surface area (Å²) in [5.41, 5.74) is 0.333. The Bertz CT molecular complexity index is 1320. The molecule has 30 heavy (non-hydrogen) atoms. The lowest BCUT2D eigenvalue weighted by Crippen LogP contribution is -2.37. The van der Waals surface area contributed by atoms with Crippen molar-refractivity contribution in [3.8, 4) is 0 Å². The van der Waals surface area contributed by atoms with Crippen LogP contribution in [0, 0.1) is 6.92 Å². The molecule has 3 rings (SSSR count). The summed E-state index contributed by atoms with van der Waals surface area (Å²) in [4.78, 5) is 40.3. The highest BCUT2D eigenvalue weighted by Gasteiger charge is 2.17. The van der Waals surface area contributed by atoms with Gasteiger partial charge in [-0.2, -0.15) is 4.72 Å². The van der Waals surface area contributed by atoms with Crippen molar-refractivity contribution in [2.45, 2.75) is 18.4 Å². The number of nitrogens with zero attached hydrogens (tertiary/aromatic N) is 4. The van der Waals surface area contributed by atoms with Crippen molar-refractivity contribution < 1.29 is 17.9 Å². The number of hydrogen-bond donors (Lipinski definition) is 1. The summed E-state index contributed by atoms with van der Waals surface area (Å²) in [5.74, 6) is -0.768. The van der Waals surface area contributed by atoms with Gasteiger partial charge in [-0.15, -0.1) is 0 Å². The van der Waals surface area contributed by atoms with E-state index in [2.05, 4.69) is 9.71 Å². The average Bonchev–Trinajstić information content (AvgIpc) is 3.13. The van der Waals surface area contributed by atoms with E-state index in [0.717, 1.165) is 10.1 Å². The Hall–Kier alpha value is -3.25. The van der Waals surface area contributed by atoms with Gasteiger partial charge in [-0.3, -0.25) is 18.7 Å². The Labute approximate surface area is 171 Å². The predicted octanol–water partition coefficient (Wildman–Crippen LogP) is -0.736. The minimum absolute atomic E-state index is 0.0484. The number of aromatic nitrogens is 4. The van der Waals surface area contributed by atoms with E-state index in [1.54, 1.807) is 12.1 Å². The molecule has 0 amide bonds. The smallest absolute Gasteiger partial charge is 0.332 e. The SMILES string of the molecule is Cc1ccc(S(=O)(=O)NCC(=O)OCCn2cnc3c2c(=O)n(C)c(=O)n3C)cc1. The summed E-state index contributed by atoms with van der Waals surface area (Å²) in [6.07, 6.45) is 1.37. The quantitative estimate of drug-likeness (QED) is 0.483. The molecule has 0 spiro atoms. The van der Waals surface area contributed by atoms with E-state index in [9.17, 15) is 22.8 Å². The highest BCUT2D eigenvalue weighted by atomic mass is 32.2. The van der Waals surface area contributed by atoms with Crippen LogP contribution in [0.2, 0.25) is 0 Å². The molecule has 1 aromatic carbocycles. The Kier molecular flexibility index (Phi) is 5.89. The lowest BCUT2D eigenvalue weighted by Gasteiger charge is -2.09. The van der Waals surface area contributed by atoms with Crippen molar-refractivity contribution >= 4 is 27.2 Å². The number of imidazole rings is 1. The first-order valence-corrected chi connectivity index (χ1v) is 10.4. The molecule has 2 aromatic heterocycles. The summed E-state index contributed by atoms with van der Waals surface area (Å²) < 4.78 is 35.3. The normalized spacial score (nSPS) is 11.7. The van der Waals surface area contributed by atoms with E-state index in [0.29, 0.717) is 0 Å². The van der Waals surface area contributed by atoms with Crippen molar-refractivity contribution in [1.82, 2.24) is 23.4 Å². The van der Waals surface area contributed by atoms with Gasteiger partial charge in [0.1, 0.15) is 13.2 Å². The third-order valence-corrected chi connectivity index (χ3v) is 5.97. The van der Waals surface area contributed by atoms with Crippen molar-refractivity contribution in [2.24, 2.45) is 14.1 Å². The first kappa shape index (κ1) is 21.5. The van der Waals surface area contributed by atoms with Crippen LogP contribution in [-0.4, -0.2) is 46.2 Å². The molecule has 1 N–H and O–H groups in total. The fraction of sp³-hybridized carbons (Fsp3) is 0.333. The van der Waals surface area contributed by atoms with Crippen LogP contribution in [0.5, 0.6) is 0 Å². The average molecular weight is 435 g/mol. The van der Waals surface area contributed by atoms with Gasteiger partial charge in [0.2, 0.25) is 10.0 Å². The second-order valence-electron chi connectivity index (χ2n) is 6.67. The predicted molar refractivity (Wildman–Crippen MR) is 108 cm³/mol. The molecular weight excluding hydrogens is 414 g/mol. The first-order valence-electron chi connectivity index (χ1n) is 8.94. The minimum Gasteiger partial charge on any atom is -0.463 e. The van der Waals surface area contributed by atoms with Crippen LogP contribution in [0.3, 0.4) is 0 Å². The number of benzene rings is 1. The van der Waals surface area contributed by atoms with Gasteiger partial charge < -0.3 is 9.30 Å². The topological polar surface area (TPSA) is 134 Å². The van der Waals surface area contributed by atoms with E-state index in [-0.39, 0.29) is 29.2 Å². The first-order chi connectivity index (χ1) is 14.1. The van der Waals surface area contributed by atoms with E-state index in [1.165, 1.54) is 41.7 Å². The zero-order valence-electron chi connectivity index (χ0n) is 16.7. The van der Waals surface area contributed by atoms with E-state index in [1.807, 2.05) is 6.92 Å². The van der Waals surface area contributed by atoms with Gasteiger partial charge >= 0.3 is 11.7 Å². The van der Waals surface area contributed by atoms with Crippen molar-refractivity contribution in [1.29, 1.82) is 0 Å². The Morgan fingerprint density at radius 2 is 1.80 bits per heavy atom. The number of carbonyl (C=O) groups excluding carboxylic acids is 1. The molecule has 2 heterocycles. The highest BCUT2D eigenvalue weighted by Crippen LogP contribution is 2.09. The second-order valence-corrected chi connectivity index (χ2v) is 8.44. The standard InChI is InChI=1S/C18H21N5O6S/c1-12-4-6-13(7-5-12)30(27,28)20-10-14(24)29-9-8-23-11-19-16-15(23)17(25)22(3)18(26)21(16)2/h4-7,11,20H,8-10H2,1-3H3. The fourth-order valence-corrected chi connectivity index (χ4v) is 3.80. The summed E-state index contributed by atoms with van der Waals surface area (Å²) in [5, 5.41) is 0. The maximum absolute atomic E-state index is 12.4. The van der Waals surface area contributed by atoms with Crippen LogP contribution >= 0.6 is 0 Å². The van der Waals surface area contributed by atoms with Crippen molar-refractivity contribution in [3.05, 3.63) is 57.0 Å². The molecular formula is C18H21N5O6S. The molecule has 0 atom stereocenters. The third kappa shape index (κ3) is 4.19. The largest absolute Gasteiger partial charge is 0.463 e. The molecule has 160 valence electrons. The maximum Gasteiger partial charge on any atom is 0.332 e. The Morgan fingerprint density at radius 3 is 2.47 bits per heavy atom. The Balaban J connectivity index is 1.61. The molecule has 0 radical (unpaired) electrons. The third-order valence-electron chi connectivity index (χ3n) is 4.55. The van der Waals surface area contributed by atoms with Gasteiger partial charge in [-0.1, -0.05) is 17.7 Å². The number of nitrogens with one attached hydrogen (secondary N) is 1. The van der Waals surface area contributed by atoms with Crippen LogP contribution in [0.25, 0.3) is 11.2 Å². The lowest BCUT2D eigenvalue weighted by atomic mass is 10.2. The zero-order valence-corrected chi connectivity index (χ0v) is 17.5. The molecule has 0 aliphatic rings. The lowest BCUT2D eigenvalue weighted by molar-refractivity contribution is -0.142. The van der Waals surface area contributed by atoms with Gasteiger partial charge in [-0.05, 0) is 19.1 Å². The number of aryl methyl sites for hydroxylation is 2. The molecule has 0 aliphatic carbocycles. The van der Waals surface area contributed by atoms with E-state index in [4.69, 9.17) is 4.74 Å². The molecule has 0 saturated carbocycles. The number of hydrogen-bond acceptors (Lipinski definition) is 7. The van der Waals surface area contributed by atoms with Crippen molar-refractivity contribution in [3.63, 3.8) is 0 Å². The number of ether oxygens (including phenoxy) is 1. The van der Waals surface area contributed by atoms with Crippen molar-refractivity contribution in [2.75, 3.05) is 13.2 Å². The van der Waals surface area contributed by atoms with Gasteiger partial charge in [0, 0.05) is 14.1 Å². The molecule has 0 fully saturated rings. The van der Waals surface area contributed by atoms with Gasteiger partial charge in [0.25, 0.3) is 5.56 Å². The van der Waals surface area contributed by atoms with Gasteiger partial charge in [0.05, 0.1) is 17.8 Å². The molecule has 11 nitrogen and oxygen atoms in total. The number of sulfonamides is 1. The summed E-state index contributed by atoms with van der Waals surface area (Å²) >= 11 is 0. The van der Waals surface area contributed by atoms with E-state index < -0.39 is 33.8 Å². The summed E-state index contributed by atoms with van der Waals surface area (Å²) in [6, 6.07) is 6.20. The maximum atomic E-state index is 12.4. The monoisotopic (exact) mass is 435 g/mol. The molecule has 0 saturated heterocycles. The van der Waals surface area contributed by atoms with E-state index >= 15 is 0 Å². The summed E-state index contributed by atoms with van der Waals surface area (Å²) in [6.45, 7) is 1.31. The molecule has 3 aromatic rings. The molecule has 12 heteroatoms. The number of carbonyl (C=O) groups is 1. The highest BCUT2D eigenvalue weighted by molar-refractivity contribution is 7.89. The number of fused-ring (bicyclic) bond motifs is 1.